The molecule has 5 heteroatoms. The lowest BCUT2D eigenvalue weighted by atomic mass is 10.0. The van der Waals surface area contributed by atoms with Gasteiger partial charge in [-0.2, -0.15) is 0 Å². The molecule has 0 radical (unpaired) electrons. The fraction of sp³-hybridized carbons (Fsp3) is 0.857. The molecule has 2 aliphatic heterocycles. The second-order valence-electron chi connectivity index (χ2n) is 5.94. The molecule has 0 bridgehead atoms. The predicted octanol–water partition coefficient (Wildman–Crippen LogP) is 0.776. The van der Waals surface area contributed by atoms with Crippen LogP contribution >= 0.6 is 0 Å². The van der Waals surface area contributed by atoms with E-state index in [2.05, 4.69) is 0 Å². The number of rotatable bonds is 2. The second-order valence-corrected chi connectivity index (χ2v) is 5.94. The molecule has 1 saturated carbocycles. The van der Waals surface area contributed by atoms with Crippen molar-refractivity contribution in [3.63, 3.8) is 0 Å². The van der Waals surface area contributed by atoms with Gasteiger partial charge in [0.2, 0.25) is 11.8 Å². The molecule has 106 valence electrons. The Morgan fingerprint density at radius 3 is 2.63 bits per heavy atom. The topological polar surface area (TPSA) is 49.9 Å². The van der Waals surface area contributed by atoms with Gasteiger partial charge in [0.25, 0.3) is 0 Å². The summed E-state index contributed by atoms with van der Waals surface area (Å²) in [6.45, 7) is 2.62. The first-order chi connectivity index (χ1) is 9.13. The summed E-state index contributed by atoms with van der Waals surface area (Å²) >= 11 is 0. The molecular weight excluding hydrogens is 244 g/mol. The second kappa shape index (κ2) is 4.78. The van der Waals surface area contributed by atoms with Crippen molar-refractivity contribution in [1.29, 1.82) is 0 Å². The van der Waals surface area contributed by atoms with Gasteiger partial charge in [0.15, 0.2) is 0 Å². The SMILES string of the molecule is COC1CCC(N2C(=O)C3CCCN3C(=O)C2C)C1. The number of amides is 2. The van der Waals surface area contributed by atoms with Crippen LogP contribution in [0.15, 0.2) is 0 Å². The van der Waals surface area contributed by atoms with Crippen molar-refractivity contribution in [2.75, 3.05) is 13.7 Å². The Labute approximate surface area is 113 Å². The molecule has 5 nitrogen and oxygen atoms in total. The van der Waals surface area contributed by atoms with Gasteiger partial charge < -0.3 is 14.5 Å². The highest BCUT2D eigenvalue weighted by atomic mass is 16.5. The van der Waals surface area contributed by atoms with Crippen LogP contribution in [0.4, 0.5) is 0 Å². The van der Waals surface area contributed by atoms with Gasteiger partial charge in [-0.15, -0.1) is 0 Å². The van der Waals surface area contributed by atoms with Crippen molar-refractivity contribution in [3.8, 4) is 0 Å². The van der Waals surface area contributed by atoms with E-state index in [0.29, 0.717) is 0 Å². The number of nitrogens with zero attached hydrogens (tertiary/aromatic N) is 2. The average Bonchev–Trinajstić information content (AvgIpc) is 3.05. The zero-order valence-electron chi connectivity index (χ0n) is 11.7. The largest absolute Gasteiger partial charge is 0.381 e. The molecule has 19 heavy (non-hydrogen) atoms. The molecule has 2 heterocycles. The lowest BCUT2D eigenvalue weighted by molar-refractivity contribution is -0.161. The Balaban J connectivity index is 1.80. The molecule has 0 N–H and O–H groups in total. The summed E-state index contributed by atoms with van der Waals surface area (Å²) in [5.74, 6) is 0.286. The van der Waals surface area contributed by atoms with E-state index < -0.39 is 0 Å². The summed E-state index contributed by atoms with van der Waals surface area (Å²) in [5, 5.41) is 0. The number of piperazine rings is 1. The molecule has 4 atom stereocenters. The Morgan fingerprint density at radius 2 is 1.95 bits per heavy atom. The third-order valence-electron chi connectivity index (χ3n) is 4.93. The van der Waals surface area contributed by atoms with Crippen molar-refractivity contribution in [2.45, 2.75) is 63.3 Å². The third-order valence-corrected chi connectivity index (χ3v) is 4.93. The van der Waals surface area contributed by atoms with Crippen molar-refractivity contribution in [1.82, 2.24) is 9.80 Å². The first-order valence-electron chi connectivity index (χ1n) is 7.29. The molecule has 0 aromatic rings. The van der Waals surface area contributed by atoms with E-state index in [0.717, 1.165) is 38.6 Å². The lowest BCUT2D eigenvalue weighted by Crippen LogP contribution is -2.64. The lowest BCUT2D eigenvalue weighted by Gasteiger charge is -2.43. The Hall–Kier alpha value is -1.10. The molecule has 3 fully saturated rings. The van der Waals surface area contributed by atoms with Crippen molar-refractivity contribution in [3.05, 3.63) is 0 Å². The van der Waals surface area contributed by atoms with E-state index in [1.54, 1.807) is 12.0 Å². The Bertz CT molecular complexity index is 398. The molecule has 0 aromatic heterocycles. The summed E-state index contributed by atoms with van der Waals surface area (Å²) in [6, 6.07) is -0.313. The standard InChI is InChI=1S/C14H22N2O3/c1-9-13(17)15-7-3-4-12(15)14(18)16(9)10-5-6-11(8-10)19-2/h9-12H,3-8H2,1-2H3. The molecule has 3 aliphatic rings. The molecule has 1 aliphatic carbocycles. The maximum atomic E-state index is 12.6. The molecule has 2 saturated heterocycles. The van der Waals surface area contributed by atoms with E-state index >= 15 is 0 Å². The summed E-state index contributed by atoms with van der Waals surface area (Å²) < 4.78 is 5.38. The van der Waals surface area contributed by atoms with Gasteiger partial charge in [-0.25, -0.2) is 0 Å². The van der Waals surface area contributed by atoms with Crippen LogP contribution in [0, 0.1) is 0 Å². The van der Waals surface area contributed by atoms with Gasteiger partial charge in [-0.3, -0.25) is 9.59 Å². The van der Waals surface area contributed by atoms with Crippen LogP contribution in [0.2, 0.25) is 0 Å². The number of ether oxygens (including phenoxy) is 1. The first-order valence-corrected chi connectivity index (χ1v) is 7.29. The van der Waals surface area contributed by atoms with Gasteiger partial charge in [-0.1, -0.05) is 0 Å². The van der Waals surface area contributed by atoms with Crippen LogP contribution in [0.5, 0.6) is 0 Å². The molecule has 4 unspecified atom stereocenters. The number of fused-ring (bicyclic) bond motifs is 1. The van der Waals surface area contributed by atoms with Crippen LogP contribution in [0.25, 0.3) is 0 Å². The van der Waals surface area contributed by atoms with Crippen LogP contribution < -0.4 is 0 Å². The van der Waals surface area contributed by atoms with Crippen molar-refractivity contribution in [2.24, 2.45) is 0 Å². The quantitative estimate of drug-likeness (QED) is 0.742. The van der Waals surface area contributed by atoms with E-state index in [1.165, 1.54) is 0 Å². The summed E-state index contributed by atoms with van der Waals surface area (Å²) in [6.07, 6.45) is 4.82. The minimum Gasteiger partial charge on any atom is -0.381 e. The highest BCUT2D eigenvalue weighted by Gasteiger charge is 2.49. The average molecular weight is 266 g/mol. The van der Waals surface area contributed by atoms with E-state index in [1.807, 2.05) is 11.8 Å². The zero-order valence-corrected chi connectivity index (χ0v) is 11.7. The number of carbonyl (C=O) groups is 2. The summed E-state index contributed by atoms with van der Waals surface area (Å²) in [5.41, 5.74) is 0. The number of hydrogen-bond donors (Lipinski definition) is 0. The van der Waals surface area contributed by atoms with Crippen molar-refractivity contribution >= 4 is 11.8 Å². The van der Waals surface area contributed by atoms with E-state index in [9.17, 15) is 9.59 Å². The predicted molar refractivity (Wildman–Crippen MR) is 69.5 cm³/mol. The smallest absolute Gasteiger partial charge is 0.246 e. The summed E-state index contributed by atoms with van der Waals surface area (Å²) in [4.78, 5) is 28.6. The zero-order chi connectivity index (χ0) is 13.6. The maximum absolute atomic E-state index is 12.6. The highest BCUT2D eigenvalue weighted by Crippen LogP contribution is 2.33. The number of carbonyl (C=O) groups excluding carboxylic acids is 2. The van der Waals surface area contributed by atoms with Crippen LogP contribution in [-0.4, -0.2) is 59.5 Å². The summed E-state index contributed by atoms with van der Waals surface area (Å²) in [7, 11) is 1.72. The molecule has 2 amide bonds. The molecule has 0 aromatic carbocycles. The molecular formula is C14H22N2O3. The van der Waals surface area contributed by atoms with E-state index in [4.69, 9.17) is 4.74 Å². The van der Waals surface area contributed by atoms with Gasteiger partial charge in [0, 0.05) is 19.7 Å². The minimum absolute atomic E-state index is 0.128. The van der Waals surface area contributed by atoms with Crippen molar-refractivity contribution < 1.29 is 14.3 Å². The first kappa shape index (κ1) is 12.9. The highest BCUT2D eigenvalue weighted by molar-refractivity contribution is 5.97. The van der Waals surface area contributed by atoms with Gasteiger partial charge in [-0.05, 0) is 39.0 Å². The fourth-order valence-corrected chi connectivity index (χ4v) is 3.89. The van der Waals surface area contributed by atoms with Gasteiger partial charge >= 0.3 is 0 Å². The van der Waals surface area contributed by atoms with Crippen LogP contribution in [-0.2, 0) is 14.3 Å². The maximum Gasteiger partial charge on any atom is 0.246 e. The molecule has 0 spiro atoms. The third kappa shape index (κ3) is 1.95. The Morgan fingerprint density at radius 1 is 1.16 bits per heavy atom. The normalized spacial score (nSPS) is 39.1. The number of hydrogen-bond acceptors (Lipinski definition) is 3. The number of methoxy groups -OCH3 is 1. The van der Waals surface area contributed by atoms with E-state index in [-0.39, 0.29) is 36.0 Å². The van der Waals surface area contributed by atoms with Gasteiger partial charge in [0.1, 0.15) is 12.1 Å². The van der Waals surface area contributed by atoms with Crippen LogP contribution in [0.3, 0.4) is 0 Å². The van der Waals surface area contributed by atoms with Gasteiger partial charge in [0.05, 0.1) is 6.10 Å². The Kier molecular flexibility index (Phi) is 3.25. The van der Waals surface area contributed by atoms with Crippen LogP contribution in [0.1, 0.15) is 39.0 Å². The minimum atomic E-state index is -0.303. The molecule has 3 rings (SSSR count). The fourth-order valence-electron chi connectivity index (χ4n) is 3.89. The monoisotopic (exact) mass is 266 g/mol.